The minimum Gasteiger partial charge on any atom is -0.326 e. The number of hydrogen-bond acceptors (Lipinski definition) is 4. The predicted molar refractivity (Wildman–Crippen MR) is 56.2 cm³/mol. The summed E-state index contributed by atoms with van der Waals surface area (Å²) in [5.41, 5.74) is 6.39. The number of rotatable bonds is 1. The monoisotopic (exact) mass is 270 g/mol. The highest BCUT2D eigenvalue weighted by Gasteiger charge is 1.93. The Morgan fingerprint density at radius 3 is 1.81 bits per heavy atom. The lowest BCUT2D eigenvalue weighted by Gasteiger charge is -1.89. The second kappa shape index (κ2) is 12.2. The van der Waals surface area contributed by atoms with Crippen LogP contribution in [0.15, 0.2) is 24.5 Å². The van der Waals surface area contributed by atoms with Gasteiger partial charge in [-0.05, 0) is 11.6 Å². The Balaban J connectivity index is 0. The van der Waals surface area contributed by atoms with Crippen LogP contribution in [-0.2, 0) is 15.7 Å². The fraction of sp³-hybridized carbons (Fsp3) is 0.167. The third kappa shape index (κ3) is 23.2. The van der Waals surface area contributed by atoms with Crippen molar-refractivity contribution >= 4 is 16.5 Å². The molecule has 1 aromatic heterocycles. The van der Waals surface area contributed by atoms with E-state index in [0.29, 0.717) is 6.54 Å². The molecule has 0 unspecified atom stereocenters. The lowest BCUT2D eigenvalue weighted by molar-refractivity contribution is 0.403. The molecule has 10 heteroatoms. The van der Waals surface area contributed by atoms with E-state index >= 15 is 0 Å². The summed E-state index contributed by atoms with van der Waals surface area (Å²) in [5.74, 6) is 0. The molecule has 1 heterocycles. The third-order valence-electron chi connectivity index (χ3n) is 0.958. The first-order valence-electron chi connectivity index (χ1n) is 3.69. The number of aromatic nitrogens is 1. The van der Waals surface area contributed by atoms with E-state index in [1.54, 1.807) is 12.4 Å². The van der Waals surface area contributed by atoms with Crippen LogP contribution in [0.1, 0.15) is 5.56 Å². The standard InChI is InChI=1S/C6H8N2.2HO3P/c7-4-6-2-1-3-8-5-6;2*1-4(2)3/h1-3,5H,4,7H2;2*(H-,1,2,3)/p+2. The van der Waals surface area contributed by atoms with E-state index in [1.807, 2.05) is 12.1 Å². The molecule has 0 fully saturated rings. The Morgan fingerprint density at radius 2 is 1.62 bits per heavy atom. The molecule has 0 saturated carbocycles. The van der Waals surface area contributed by atoms with Gasteiger partial charge >= 0.3 is 16.5 Å². The highest BCUT2D eigenvalue weighted by Crippen LogP contribution is 1.98. The summed E-state index contributed by atoms with van der Waals surface area (Å²) in [6.07, 6.45) is 3.50. The first-order valence-corrected chi connectivity index (χ1v) is 6.02. The Hall–Kier alpha value is -0.850. The maximum absolute atomic E-state index is 8.70. The van der Waals surface area contributed by atoms with E-state index in [9.17, 15) is 0 Å². The summed E-state index contributed by atoms with van der Waals surface area (Å²) < 4.78 is 17.4. The van der Waals surface area contributed by atoms with Gasteiger partial charge in [0.25, 0.3) is 0 Å². The topological polar surface area (TPSA) is 154 Å². The van der Waals surface area contributed by atoms with Crippen LogP contribution in [0.5, 0.6) is 0 Å². The van der Waals surface area contributed by atoms with E-state index in [2.05, 4.69) is 4.98 Å². The summed E-state index contributed by atoms with van der Waals surface area (Å²) in [6, 6.07) is 3.83. The summed E-state index contributed by atoms with van der Waals surface area (Å²) in [5, 5.41) is 0. The van der Waals surface area contributed by atoms with Crippen molar-refractivity contribution in [3.05, 3.63) is 30.1 Å². The lowest BCUT2D eigenvalue weighted by Crippen LogP contribution is -1.95. The Morgan fingerprint density at radius 1 is 1.19 bits per heavy atom. The molecule has 0 aromatic carbocycles. The zero-order valence-electron chi connectivity index (χ0n) is 8.04. The average Bonchev–Trinajstić information content (AvgIpc) is 2.17. The maximum atomic E-state index is 8.70. The van der Waals surface area contributed by atoms with Crippen LogP contribution in [0.4, 0.5) is 0 Å². The molecule has 16 heavy (non-hydrogen) atoms. The SMILES string of the molecule is NCc1cccnc1.O=[P+](O)O.O=[P+](O)O. The molecule has 0 aliphatic heterocycles. The van der Waals surface area contributed by atoms with Crippen molar-refractivity contribution < 1.29 is 28.7 Å². The van der Waals surface area contributed by atoms with Crippen LogP contribution in [0.3, 0.4) is 0 Å². The molecular weight excluding hydrogens is 258 g/mol. The van der Waals surface area contributed by atoms with E-state index in [1.165, 1.54) is 0 Å². The van der Waals surface area contributed by atoms with Crippen molar-refractivity contribution in [2.45, 2.75) is 6.54 Å². The van der Waals surface area contributed by atoms with Crippen LogP contribution in [0.2, 0.25) is 0 Å². The summed E-state index contributed by atoms with van der Waals surface area (Å²) in [4.78, 5) is 32.4. The van der Waals surface area contributed by atoms with Crippen molar-refractivity contribution in [3.8, 4) is 0 Å². The van der Waals surface area contributed by atoms with E-state index in [0.717, 1.165) is 5.56 Å². The molecule has 0 saturated heterocycles. The second-order valence-corrected chi connectivity index (χ2v) is 3.08. The number of nitrogens with zero attached hydrogens (tertiary/aromatic N) is 1. The van der Waals surface area contributed by atoms with Gasteiger partial charge in [0.15, 0.2) is 0 Å². The molecule has 0 amide bonds. The molecule has 1 rings (SSSR count). The number of hydrogen-bond donors (Lipinski definition) is 5. The van der Waals surface area contributed by atoms with Crippen LogP contribution in [0, 0.1) is 0 Å². The maximum Gasteiger partial charge on any atom is 0.692 e. The van der Waals surface area contributed by atoms with Gasteiger partial charge in [0.05, 0.1) is 0 Å². The van der Waals surface area contributed by atoms with Crippen LogP contribution < -0.4 is 5.73 Å². The van der Waals surface area contributed by atoms with Gasteiger partial charge in [-0.15, -0.1) is 19.6 Å². The Bertz CT molecular complexity index is 289. The summed E-state index contributed by atoms with van der Waals surface area (Å²) in [6.45, 7) is 0.577. The smallest absolute Gasteiger partial charge is 0.326 e. The van der Waals surface area contributed by atoms with E-state index < -0.39 is 16.5 Å². The molecule has 0 bridgehead atoms. The van der Waals surface area contributed by atoms with Gasteiger partial charge in [-0.1, -0.05) is 6.07 Å². The highest BCUT2D eigenvalue weighted by molar-refractivity contribution is 7.31. The van der Waals surface area contributed by atoms with Gasteiger partial charge in [-0.25, -0.2) is 0 Å². The fourth-order valence-corrected chi connectivity index (χ4v) is 0.519. The van der Waals surface area contributed by atoms with Gasteiger partial charge in [0.1, 0.15) is 0 Å². The second-order valence-electron chi connectivity index (χ2n) is 2.07. The average molecular weight is 270 g/mol. The summed E-state index contributed by atoms with van der Waals surface area (Å²) in [7, 11) is -5.74. The van der Waals surface area contributed by atoms with Crippen LogP contribution in [-0.4, -0.2) is 24.6 Å². The molecule has 0 aliphatic carbocycles. The molecule has 0 radical (unpaired) electrons. The van der Waals surface area contributed by atoms with Gasteiger partial charge < -0.3 is 5.73 Å². The normalized spacial score (nSPS) is 7.81. The van der Waals surface area contributed by atoms with Gasteiger partial charge in [-0.2, -0.15) is 0 Å². The molecule has 6 N–H and O–H groups in total. The predicted octanol–water partition coefficient (Wildman–Crippen LogP) is -0.203. The van der Waals surface area contributed by atoms with Gasteiger partial charge in [-0.3, -0.25) is 4.98 Å². The number of pyridine rings is 1. The van der Waals surface area contributed by atoms with Crippen molar-refractivity contribution in [2.24, 2.45) is 5.73 Å². The highest BCUT2D eigenvalue weighted by atomic mass is 31.1. The minimum absolute atomic E-state index is 0.577. The summed E-state index contributed by atoms with van der Waals surface area (Å²) >= 11 is 0. The van der Waals surface area contributed by atoms with Crippen molar-refractivity contribution in [1.29, 1.82) is 0 Å². The molecule has 0 atom stereocenters. The van der Waals surface area contributed by atoms with E-state index in [4.69, 9.17) is 34.4 Å². The third-order valence-corrected chi connectivity index (χ3v) is 0.958. The zero-order valence-corrected chi connectivity index (χ0v) is 9.83. The first-order chi connectivity index (χ1) is 7.40. The molecule has 8 nitrogen and oxygen atoms in total. The molecule has 0 spiro atoms. The minimum atomic E-state index is -2.87. The molecular formula is C6H12N2O6P2+2. The fourth-order valence-electron chi connectivity index (χ4n) is 0.519. The van der Waals surface area contributed by atoms with Crippen molar-refractivity contribution in [1.82, 2.24) is 4.98 Å². The molecule has 1 aromatic rings. The van der Waals surface area contributed by atoms with E-state index in [-0.39, 0.29) is 0 Å². The van der Waals surface area contributed by atoms with Crippen LogP contribution in [0.25, 0.3) is 0 Å². The molecule has 90 valence electrons. The van der Waals surface area contributed by atoms with Gasteiger partial charge in [0, 0.05) is 28.1 Å². The Labute approximate surface area is 93.3 Å². The quantitative estimate of drug-likeness (QED) is 0.439. The zero-order chi connectivity index (χ0) is 13.0. The van der Waals surface area contributed by atoms with Crippen LogP contribution >= 0.6 is 16.5 Å². The first kappa shape index (κ1) is 17.5. The number of nitrogens with two attached hydrogens (primary N) is 1. The van der Waals surface area contributed by atoms with Crippen molar-refractivity contribution in [3.63, 3.8) is 0 Å². The Kier molecular flexibility index (Phi) is 13.4. The van der Waals surface area contributed by atoms with Gasteiger partial charge in [0.2, 0.25) is 0 Å². The largest absolute Gasteiger partial charge is 0.692 e. The lowest BCUT2D eigenvalue weighted by atomic mass is 10.3. The van der Waals surface area contributed by atoms with Crippen molar-refractivity contribution in [2.75, 3.05) is 0 Å². The molecule has 0 aliphatic rings.